The number of carbonyl (C=O) groups is 2. The van der Waals surface area contributed by atoms with Crippen LogP contribution < -0.4 is 10.1 Å². The van der Waals surface area contributed by atoms with Crippen molar-refractivity contribution in [1.82, 2.24) is 4.90 Å². The van der Waals surface area contributed by atoms with Gasteiger partial charge in [0.05, 0.1) is 12.0 Å². The molecule has 1 aliphatic rings. The smallest absolute Gasteiger partial charge is 0.266 e. The van der Waals surface area contributed by atoms with Gasteiger partial charge in [0.15, 0.2) is 0 Å². The van der Waals surface area contributed by atoms with E-state index in [2.05, 4.69) is 5.32 Å². The number of thioether (sulfide) groups is 1. The van der Waals surface area contributed by atoms with Crippen LogP contribution >= 0.6 is 24.0 Å². The topological polar surface area (TPSA) is 58.6 Å². The number of methoxy groups -OCH3 is 1. The highest BCUT2D eigenvalue weighted by molar-refractivity contribution is 8.26. The Bertz CT molecular complexity index is 939. The van der Waals surface area contributed by atoms with Crippen LogP contribution in [0.25, 0.3) is 6.08 Å². The zero-order valence-corrected chi connectivity index (χ0v) is 17.2. The second-order valence-corrected chi connectivity index (χ2v) is 7.90. The monoisotopic (exact) mass is 412 g/mol. The number of anilines is 1. The van der Waals surface area contributed by atoms with Crippen molar-refractivity contribution in [2.75, 3.05) is 19.0 Å². The molecule has 1 fully saturated rings. The van der Waals surface area contributed by atoms with Crippen molar-refractivity contribution in [2.45, 2.75) is 13.3 Å². The van der Waals surface area contributed by atoms with E-state index in [0.29, 0.717) is 9.23 Å². The molecule has 7 heteroatoms. The lowest BCUT2D eigenvalue weighted by atomic mass is 10.2. The van der Waals surface area contributed by atoms with Crippen molar-refractivity contribution in [3.8, 4) is 5.75 Å². The Morgan fingerprint density at radius 1 is 1.21 bits per heavy atom. The zero-order valence-electron chi connectivity index (χ0n) is 15.6. The van der Waals surface area contributed by atoms with Gasteiger partial charge in [0.2, 0.25) is 5.91 Å². The van der Waals surface area contributed by atoms with Crippen LogP contribution in [0.5, 0.6) is 5.75 Å². The number of hydrogen-bond donors (Lipinski definition) is 1. The molecular weight excluding hydrogens is 392 g/mol. The van der Waals surface area contributed by atoms with E-state index in [9.17, 15) is 9.59 Å². The number of aryl methyl sites for hydroxylation is 1. The minimum atomic E-state index is -0.172. The third kappa shape index (κ3) is 4.79. The molecule has 0 unspecified atom stereocenters. The highest BCUT2D eigenvalue weighted by atomic mass is 32.2. The van der Waals surface area contributed by atoms with Gasteiger partial charge in [-0.1, -0.05) is 54.3 Å². The van der Waals surface area contributed by atoms with Crippen LogP contribution in [0.2, 0.25) is 0 Å². The lowest BCUT2D eigenvalue weighted by Crippen LogP contribution is -2.31. The first-order chi connectivity index (χ1) is 13.5. The number of thiocarbonyl (C=S) groups is 1. The van der Waals surface area contributed by atoms with Crippen molar-refractivity contribution in [2.24, 2.45) is 0 Å². The molecule has 1 N–H and O–H groups in total. The normalized spacial score (nSPS) is 15.2. The Hall–Kier alpha value is -2.64. The molecule has 144 valence electrons. The number of amides is 2. The van der Waals surface area contributed by atoms with E-state index >= 15 is 0 Å². The van der Waals surface area contributed by atoms with Crippen LogP contribution in [-0.2, 0) is 9.59 Å². The Labute approximate surface area is 173 Å². The standard InChI is InChI=1S/C21H20N2O3S2/c1-14-5-3-4-6-17(14)22-19(24)11-12-23-20(25)18(28-21(23)27)13-15-7-9-16(26-2)10-8-15/h3-10,13H,11-12H2,1-2H3,(H,22,24)/b18-13-. The second-order valence-electron chi connectivity index (χ2n) is 6.22. The van der Waals surface area contributed by atoms with Gasteiger partial charge in [0.25, 0.3) is 5.91 Å². The van der Waals surface area contributed by atoms with E-state index < -0.39 is 0 Å². The summed E-state index contributed by atoms with van der Waals surface area (Å²) in [4.78, 5) is 26.9. The van der Waals surface area contributed by atoms with Gasteiger partial charge in [-0.05, 0) is 42.3 Å². The summed E-state index contributed by atoms with van der Waals surface area (Å²) in [7, 11) is 1.61. The van der Waals surface area contributed by atoms with Gasteiger partial charge < -0.3 is 10.1 Å². The number of benzene rings is 2. The van der Waals surface area contributed by atoms with Crippen molar-refractivity contribution in [3.05, 3.63) is 64.6 Å². The molecule has 0 bridgehead atoms. The van der Waals surface area contributed by atoms with Gasteiger partial charge in [-0.15, -0.1) is 0 Å². The molecule has 2 aromatic rings. The molecule has 0 saturated carbocycles. The molecule has 0 aromatic heterocycles. The fourth-order valence-corrected chi connectivity index (χ4v) is 3.99. The SMILES string of the molecule is COc1ccc(/C=C2\SC(=S)N(CCC(=O)Nc3ccccc3C)C2=O)cc1. The predicted molar refractivity (Wildman–Crippen MR) is 117 cm³/mol. The van der Waals surface area contributed by atoms with E-state index in [1.807, 2.05) is 55.5 Å². The number of ether oxygens (including phenoxy) is 1. The number of nitrogens with zero attached hydrogens (tertiary/aromatic N) is 1. The van der Waals surface area contributed by atoms with E-state index in [1.165, 1.54) is 16.7 Å². The predicted octanol–water partition coefficient (Wildman–Crippen LogP) is 4.23. The summed E-state index contributed by atoms with van der Waals surface area (Å²) < 4.78 is 5.61. The van der Waals surface area contributed by atoms with E-state index in [1.54, 1.807) is 13.2 Å². The van der Waals surface area contributed by atoms with Crippen LogP contribution in [0.3, 0.4) is 0 Å². The molecule has 1 saturated heterocycles. The van der Waals surface area contributed by atoms with Gasteiger partial charge >= 0.3 is 0 Å². The van der Waals surface area contributed by atoms with Crippen LogP contribution in [0.15, 0.2) is 53.4 Å². The summed E-state index contributed by atoms with van der Waals surface area (Å²) in [5.41, 5.74) is 2.65. The van der Waals surface area contributed by atoms with Crippen molar-refractivity contribution < 1.29 is 14.3 Å². The molecule has 0 radical (unpaired) electrons. The highest BCUT2D eigenvalue weighted by Gasteiger charge is 2.32. The minimum absolute atomic E-state index is 0.150. The second kappa shape index (κ2) is 9.03. The van der Waals surface area contributed by atoms with Crippen LogP contribution in [0.1, 0.15) is 17.5 Å². The maximum atomic E-state index is 12.7. The molecule has 5 nitrogen and oxygen atoms in total. The molecular formula is C21H20N2O3S2. The van der Waals surface area contributed by atoms with E-state index in [4.69, 9.17) is 17.0 Å². The lowest BCUT2D eigenvalue weighted by Gasteiger charge is -2.14. The van der Waals surface area contributed by atoms with Crippen molar-refractivity contribution in [1.29, 1.82) is 0 Å². The molecule has 0 atom stereocenters. The fourth-order valence-electron chi connectivity index (χ4n) is 2.68. The Morgan fingerprint density at radius 3 is 2.61 bits per heavy atom. The molecule has 28 heavy (non-hydrogen) atoms. The molecule has 2 aromatic carbocycles. The van der Waals surface area contributed by atoms with Gasteiger partial charge in [0.1, 0.15) is 10.1 Å². The Balaban J connectivity index is 1.61. The molecule has 1 aliphatic heterocycles. The van der Waals surface area contributed by atoms with Crippen molar-refractivity contribution in [3.63, 3.8) is 0 Å². The average Bonchev–Trinajstić information content (AvgIpc) is 2.95. The summed E-state index contributed by atoms with van der Waals surface area (Å²) in [6, 6.07) is 15.0. The van der Waals surface area contributed by atoms with Crippen LogP contribution in [0, 0.1) is 6.92 Å². The first-order valence-corrected chi connectivity index (χ1v) is 9.95. The summed E-state index contributed by atoms with van der Waals surface area (Å²) in [6.45, 7) is 2.18. The third-order valence-corrected chi connectivity index (χ3v) is 5.65. The number of para-hydroxylation sites is 1. The number of hydrogen-bond acceptors (Lipinski definition) is 5. The number of nitrogens with one attached hydrogen (secondary N) is 1. The maximum absolute atomic E-state index is 12.7. The summed E-state index contributed by atoms with van der Waals surface area (Å²) >= 11 is 6.58. The quantitative estimate of drug-likeness (QED) is 0.568. The first-order valence-electron chi connectivity index (χ1n) is 8.73. The molecule has 0 spiro atoms. The van der Waals surface area contributed by atoms with Gasteiger partial charge in [0, 0.05) is 18.7 Å². The highest BCUT2D eigenvalue weighted by Crippen LogP contribution is 2.32. The van der Waals surface area contributed by atoms with Gasteiger partial charge in [-0.2, -0.15) is 0 Å². The number of rotatable bonds is 6. The first kappa shape index (κ1) is 20.1. The zero-order chi connectivity index (χ0) is 20.1. The summed E-state index contributed by atoms with van der Waals surface area (Å²) in [6.07, 6.45) is 1.97. The van der Waals surface area contributed by atoms with Gasteiger partial charge in [-0.3, -0.25) is 14.5 Å². The van der Waals surface area contributed by atoms with E-state index in [0.717, 1.165) is 22.6 Å². The van der Waals surface area contributed by atoms with Crippen LogP contribution in [-0.4, -0.2) is 34.7 Å². The Morgan fingerprint density at radius 2 is 1.93 bits per heavy atom. The fraction of sp³-hybridized carbons (Fsp3) is 0.190. The largest absolute Gasteiger partial charge is 0.497 e. The molecule has 2 amide bonds. The maximum Gasteiger partial charge on any atom is 0.266 e. The third-order valence-electron chi connectivity index (χ3n) is 4.27. The van der Waals surface area contributed by atoms with Crippen LogP contribution in [0.4, 0.5) is 5.69 Å². The molecule has 1 heterocycles. The average molecular weight is 413 g/mol. The lowest BCUT2D eigenvalue weighted by molar-refractivity contribution is -0.122. The molecule has 0 aliphatic carbocycles. The number of carbonyl (C=O) groups excluding carboxylic acids is 2. The molecule has 3 rings (SSSR count). The van der Waals surface area contributed by atoms with E-state index in [-0.39, 0.29) is 24.8 Å². The summed E-state index contributed by atoms with van der Waals surface area (Å²) in [5, 5.41) is 2.87. The minimum Gasteiger partial charge on any atom is -0.497 e. The van der Waals surface area contributed by atoms with Gasteiger partial charge in [-0.25, -0.2) is 0 Å². The summed E-state index contributed by atoms with van der Waals surface area (Å²) in [5.74, 6) is 0.432. The Kier molecular flexibility index (Phi) is 6.49. The van der Waals surface area contributed by atoms with Crippen molar-refractivity contribution >= 4 is 51.9 Å².